The molecule has 11 rings (SSSR count). The zero-order valence-corrected chi connectivity index (χ0v) is 66.7. The van der Waals surface area contributed by atoms with Gasteiger partial charge in [-0.1, -0.05) is 48.0 Å². The molecule has 0 aliphatic carbocycles. The van der Waals surface area contributed by atoms with Gasteiger partial charge in [0, 0.05) is 69.5 Å². The average Bonchev–Trinajstić information content (AvgIpc) is 0.790. The van der Waals surface area contributed by atoms with Crippen molar-refractivity contribution in [1.82, 2.24) is 0 Å². The molecule has 0 saturated heterocycles. The molecule has 0 unspecified atom stereocenters. The minimum atomic E-state index is -5.06. The molecule has 115 heavy (non-hydrogen) atoms. The van der Waals surface area contributed by atoms with Crippen LogP contribution in [0.5, 0.6) is 57.5 Å². The summed E-state index contributed by atoms with van der Waals surface area (Å²) in [5, 5.41) is 60.1. The predicted octanol–water partition coefficient (Wildman–Crippen LogP) is 17.0. The Morgan fingerprint density at radius 3 is 1.13 bits per heavy atom. The van der Waals surface area contributed by atoms with Crippen LogP contribution >= 0.6 is 11.6 Å². The number of phenolic OH excluding ortho intramolecular Hbond substituents is 2. The summed E-state index contributed by atoms with van der Waals surface area (Å²) < 4.78 is 238. The van der Waals surface area contributed by atoms with Gasteiger partial charge >= 0.3 is 134 Å². The fourth-order valence-electron chi connectivity index (χ4n) is 9.80. The molecule has 0 aliphatic heterocycles. The van der Waals surface area contributed by atoms with Gasteiger partial charge in [-0.25, -0.2) is 0 Å². The Morgan fingerprint density at radius 2 is 0.757 bits per heavy atom. The van der Waals surface area contributed by atoms with Gasteiger partial charge in [-0.3, -0.25) is 39.5 Å². The van der Waals surface area contributed by atoms with Crippen molar-refractivity contribution in [2.45, 2.75) is 51.7 Å². The van der Waals surface area contributed by atoms with Crippen LogP contribution in [0, 0.1) is 51.1 Å². The number of ether oxygens (including phenoxy) is 4. The van der Waals surface area contributed by atoms with Crippen LogP contribution < -0.4 is 138 Å². The van der Waals surface area contributed by atoms with Gasteiger partial charge in [-0.15, -0.1) is 0 Å². The molecule has 0 amide bonds. The number of nitro groups is 3. The molecule has 0 saturated carbocycles. The van der Waals surface area contributed by atoms with E-state index in [1.54, 1.807) is 32.0 Å². The van der Waals surface area contributed by atoms with Gasteiger partial charge < -0.3 is 52.2 Å². The van der Waals surface area contributed by atoms with Gasteiger partial charge in [-0.2, -0.15) is 65.9 Å². The number of aromatic hydroxyl groups is 2. The van der Waals surface area contributed by atoms with E-state index in [4.69, 9.17) is 53.4 Å². The van der Waals surface area contributed by atoms with Crippen LogP contribution in [0.15, 0.2) is 218 Å². The van der Waals surface area contributed by atoms with Crippen LogP contribution in [-0.4, -0.2) is 38.6 Å². The maximum atomic E-state index is 13.7. The molecule has 0 bridgehead atoms. The summed E-state index contributed by atoms with van der Waals surface area (Å²) >= 11 is 5.66. The second-order valence-electron chi connectivity index (χ2n) is 23.0. The number of benzene rings is 11. The van der Waals surface area contributed by atoms with Crippen LogP contribution in [-0.2, 0) is 40.6 Å². The SMILES string of the molecule is Cc1cc(N)ccc1Oc1ccc(Oc2ccc(N)cc2C(F)(F)F)c(-c2cccc(C(F)(F)F)c2)c1.Cc1cc([N+](=O)[O-])ccc1Cl.Cc1cc([N+](=O)[O-])ccc1Oc1ccc(Oc2ccc([N+](=O)[O-])cc2C(F)(F)F)c(-c2cccc(C(F)(F)F)c2)c1.O=CO[O-].Oc1ccc(O)c(-c2cccc(C(F)(F)F)c2)c1.[2H]CF.[H-].[K+].[K+]. The Kier molecular flexibility index (Phi) is 35.3. The number of non-ortho nitro benzene ring substituents is 3. The molecule has 0 aliphatic rings. The van der Waals surface area contributed by atoms with Crippen molar-refractivity contribution in [3.63, 3.8) is 0 Å². The third-order valence-corrected chi connectivity index (χ3v) is 15.5. The molecule has 20 nitrogen and oxygen atoms in total. The minimum absolute atomic E-state index is 0. The van der Waals surface area contributed by atoms with E-state index in [1.807, 2.05) is 0 Å². The molecule has 0 aromatic heterocycles. The smallest absolute Gasteiger partial charge is 1.00 e. The van der Waals surface area contributed by atoms with Crippen LogP contribution in [0.1, 0.15) is 47.3 Å². The number of carbonyl (C=O) groups is 1. The van der Waals surface area contributed by atoms with Gasteiger partial charge in [0.25, 0.3) is 23.5 Å². The van der Waals surface area contributed by atoms with E-state index >= 15 is 0 Å². The molecule has 11 aromatic carbocycles. The van der Waals surface area contributed by atoms with Crippen LogP contribution in [0.2, 0.25) is 5.02 Å². The molecule has 0 fully saturated rings. The molecule has 39 heteroatoms. The van der Waals surface area contributed by atoms with E-state index in [-0.39, 0.29) is 207 Å². The average molecular weight is 1700 g/mol. The molecule has 0 heterocycles. The van der Waals surface area contributed by atoms with Gasteiger partial charge in [0.05, 0.1) is 40.0 Å². The van der Waals surface area contributed by atoms with Crippen molar-refractivity contribution in [3.05, 3.63) is 298 Å². The molecule has 0 spiro atoms. The number of aryl methyl sites for hydroxylation is 3. The molecule has 11 aromatic rings. The first-order valence-corrected chi connectivity index (χ1v) is 31.6. The number of carbonyl (C=O) groups excluding carboxylic acids is 1. The summed E-state index contributed by atoms with van der Waals surface area (Å²) in [6, 6.07) is 42.2. The first kappa shape index (κ1) is 95.5. The largest absolute Gasteiger partial charge is 1.00 e. The van der Waals surface area contributed by atoms with Crippen molar-refractivity contribution in [3.8, 4) is 90.9 Å². The third-order valence-electron chi connectivity index (χ3n) is 15.0. The molecule has 0 atom stereocenters. The van der Waals surface area contributed by atoms with E-state index in [2.05, 4.69) is 4.89 Å². The number of nitrogens with two attached hydrogens (primary N) is 2. The minimum Gasteiger partial charge on any atom is -1.00 e. The first-order chi connectivity index (χ1) is 53.3. The van der Waals surface area contributed by atoms with Gasteiger partial charge in [0.15, 0.2) is 0 Å². The summed E-state index contributed by atoms with van der Waals surface area (Å²) in [5.74, 6) is -1.25. The number of nitrogen functional groups attached to an aromatic ring is 2. The molecular formula is C76H56ClF16K2N5O15. The summed E-state index contributed by atoms with van der Waals surface area (Å²) in [6.45, 7) is 4.84. The summed E-state index contributed by atoms with van der Waals surface area (Å²) in [4.78, 5) is 41.5. The Balaban J connectivity index is 0.000000422. The number of halogens is 17. The number of anilines is 2. The molecular weight excluding hydrogens is 1640 g/mol. The second-order valence-corrected chi connectivity index (χ2v) is 23.4. The Labute approximate surface area is 733 Å². The zero-order valence-electron chi connectivity index (χ0n) is 61.7. The molecule has 6 N–H and O–H groups in total. The first-order valence-electron chi connectivity index (χ1n) is 31.9. The van der Waals surface area contributed by atoms with Crippen LogP contribution in [0.3, 0.4) is 0 Å². The Hall–Kier alpha value is -10.1. The molecule has 596 valence electrons. The fourth-order valence-corrected chi connectivity index (χ4v) is 9.92. The topological polar surface area (TPSA) is 308 Å². The summed E-state index contributed by atoms with van der Waals surface area (Å²) in [7, 11) is -1.00. The number of alkyl halides is 16. The maximum absolute atomic E-state index is 13.7. The standard InChI is InChI=1S/C27H16F6N2O6.C27H20F6N2O2.C13H9F3O2.C7H6ClNO2.CH3F.CH2O3.2K.H/c1-15-11-18(34(36)37)5-8-23(15)40-20-7-10-24(21(14-20)16-3-2-4-17(12-16)26(28,29)30)41-25-9-6-19(35(38)39)13-22(25)27(31,32)33;1-15-11-18(34)5-8-23(15)36-20-7-10-24(37-25-9-6-19(35)13-22(25)27(31,32)33)21(14-20)16-3-2-4-17(12-16)26(28,29)30;14-13(15,16)9-3-1-2-8(6-9)11-7-10(17)4-5-12(11)18;1-5-4-6(9(10)11)2-3-7(5)8;1-2;2-1-4-3;;;/h2-14H,1H3;2-14H,34-35H2,1H3;1-7,17-18H;2-4H,1H3;1H3;1,3H;;;/q;;;;;;2*+1;-1/p-1/i;;;;1D;;;;. The maximum Gasteiger partial charge on any atom is 1.00 e. The number of nitro benzene ring substituents is 3. The predicted molar refractivity (Wildman–Crippen MR) is 380 cm³/mol. The van der Waals surface area contributed by atoms with Crippen LogP contribution in [0.25, 0.3) is 33.4 Å². The van der Waals surface area contributed by atoms with Crippen molar-refractivity contribution in [2.75, 3.05) is 18.6 Å². The number of nitrogens with zero attached hydrogens (tertiary/aromatic N) is 3. The van der Waals surface area contributed by atoms with Crippen molar-refractivity contribution in [1.29, 1.82) is 0 Å². The van der Waals surface area contributed by atoms with Crippen molar-refractivity contribution < 1.29 is 235 Å². The van der Waals surface area contributed by atoms with Crippen LogP contribution in [0.4, 0.5) is 98.7 Å². The van der Waals surface area contributed by atoms with E-state index in [0.717, 1.165) is 78.4 Å². The second kappa shape index (κ2) is 42.5. The quantitative estimate of drug-likeness (QED) is 0.0108. The number of rotatable bonds is 15. The van der Waals surface area contributed by atoms with Gasteiger partial charge in [0.1, 0.15) is 68.6 Å². The van der Waals surface area contributed by atoms with E-state index in [1.165, 1.54) is 128 Å². The number of hydrogen-bond acceptors (Lipinski definition) is 17. The van der Waals surface area contributed by atoms with Crippen molar-refractivity contribution >= 4 is 46.5 Å². The summed E-state index contributed by atoms with van der Waals surface area (Å²) in [5.41, 5.74) is 7.45. The number of phenols is 2. The zero-order chi connectivity index (χ0) is 85.0. The van der Waals surface area contributed by atoms with Gasteiger partial charge in [-0.05, 0) is 200 Å². The molecule has 0 radical (unpaired) electrons. The van der Waals surface area contributed by atoms with Crippen molar-refractivity contribution in [2.24, 2.45) is 0 Å². The van der Waals surface area contributed by atoms with E-state index < -0.39 is 97.8 Å². The monoisotopic (exact) mass is 1700 g/mol. The normalized spacial score (nSPS) is 11.1. The third kappa shape index (κ3) is 28.4. The van der Waals surface area contributed by atoms with Gasteiger partial charge in [0.2, 0.25) is 0 Å². The number of hydrogen-bond donors (Lipinski definition) is 4. The summed E-state index contributed by atoms with van der Waals surface area (Å²) in [6.07, 6.45) is -23.6. The Bertz CT molecular complexity index is 5270. The Morgan fingerprint density at radius 1 is 0.417 bits per heavy atom. The van der Waals surface area contributed by atoms with E-state index in [9.17, 15) is 111 Å². The fraction of sp³-hybridized carbons (Fsp3) is 0.118. The van der Waals surface area contributed by atoms with E-state index in [0.29, 0.717) is 27.6 Å².